The number of hydrogen-bond donors (Lipinski definition) is 0. The number of morpholine rings is 1. The first-order valence-electron chi connectivity index (χ1n) is 7.40. The zero-order valence-electron chi connectivity index (χ0n) is 12.7. The van der Waals surface area contributed by atoms with Crippen molar-refractivity contribution in [3.8, 4) is 0 Å². The maximum Gasteiger partial charge on any atom is 0.211 e. The van der Waals surface area contributed by atoms with Gasteiger partial charge in [-0.25, -0.2) is 8.42 Å². The Bertz CT molecular complexity index is 593. The van der Waals surface area contributed by atoms with Gasteiger partial charge in [0.2, 0.25) is 10.0 Å². The lowest BCUT2D eigenvalue weighted by Crippen LogP contribution is -2.48. The average molecular weight is 327 g/mol. The molecule has 0 unspecified atom stereocenters. The van der Waals surface area contributed by atoms with Gasteiger partial charge < -0.3 is 14.5 Å². The van der Waals surface area contributed by atoms with Crippen molar-refractivity contribution in [1.29, 1.82) is 0 Å². The predicted octanol–water partition coefficient (Wildman–Crippen LogP) is -0.605. The molecule has 1 aromatic rings. The number of hydrogen-bond acceptors (Lipinski definition) is 7. The molecule has 0 bridgehead atoms. The van der Waals surface area contributed by atoms with Gasteiger partial charge in [-0.3, -0.25) is 0 Å². The van der Waals surface area contributed by atoms with Crippen LogP contribution in [0.15, 0.2) is 12.1 Å². The Morgan fingerprint density at radius 1 is 0.909 bits per heavy atom. The number of nitrogens with zero attached hydrogens (tertiary/aromatic N) is 5. The van der Waals surface area contributed by atoms with Crippen molar-refractivity contribution < 1.29 is 13.2 Å². The fourth-order valence-electron chi connectivity index (χ4n) is 2.70. The summed E-state index contributed by atoms with van der Waals surface area (Å²) < 4.78 is 29.9. The number of ether oxygens (including phenoxy) is 1. The first-order valence-corrected chi connectivity index (χ1v) is 9.25. The van der Waals surface area contributed by atoms with E-state index in [0.717, 1.165) is 37.9 Å². The second-order valence-electron chi connectivity index (χ2n) is 5.50. The first kappa shape index (κ1) is 15.4. The molecule has 0 amide bonds. The van der Waals surface area contributed by atoms with Crippen molar-refractivity contribution in [2.24, 2.45) is 0 Å². The zero-order chi connectivity index (χ0) is 15.6. The Morgan fingerprint density at radius 3 is 1.86 bits per heavy atom. The molecule has 0 radical (unpaired) electrons. The summed E-state index contributed by atoms with van der Waals surface area (Å²) >= 11 is 0. The highest BCUT2D eigenvalue weighted by Crippen LogP contribution is 2.17. The lowest BCUT2D eigenvalue weighted by molar-refractivity contribution is 0.122. The van der Waals surface area contributed by atoms with Crippen molar-refractivity contribution in [2.75, 3.05) is 68.5 Å². The Morgan fingerprint density at radius 2 is 1.41 bits per heavy atom. The quantitative estimate of drug-likeness (QED) is 0.733. The van der Waals surface area contributed by atoms with Crippen molar-refractivity contribution in [3.05, 3.63) is 12.1 Å². The standard InChI is InChI=1S/C13H21N5O3S/c1-22(19,20)18-6-4-16(5-7-18)12-2-3-13(15-14-12)17-8-10-21-11-9-17/h2-3H,4-11H2,1H3. The van der Waals surface area contributed by atoms with E-state index in [1.807, 2.05) is 12.1 Å². The smallest absolute Gasteiger partial charge is 0.211 e. The second-order valence-corrected chi connectivity index (χ2v) is 7.48. The third-order valence-corrected chi connectivity index (χ3v) is 5.31. The third-order valence-electron chi connectivity index (χ3n) is 4.00. The van der Waals surface area contributed by atoms with Gasteiger partial charge in [-0.2, -0.15) is 4.31 Å². The summed E-state index contributed by atoms with van der Waals surface area (Å²) in [5, 5.41) is 8.58. The van der Waals surface area contributed by atoms with E-state index in [2.05, 4.69) is 20.0 Å². The number of sulfonamides is 1. The maximum atomic E-state index is 11.5. The Hall–Kier alpha value is -1.45. The summed E-state index contributed by atoms with van der Waals surface area (Å²) in [4.78, 5) is 4.22. The van der Waals surface area contributed by atoms with E-state index in [1.54, 1.807) is 0 Å². The second kappa shape index (κ2) is 6.35. The summed E-state index contributed by atoms with van der Waals surface area (Å²) in [7, 11) is -3.10. The van der Waals surface area contributed by atoms with Gasteiger partial charge in [-0.1, -0.05) is 0 Å². The molecular weight excluding hydrogens is 306 g/mol. The molecule has 8 nitrogen and oxygen atoms in total. The molecule has 0 aromatic carbocycles. The summed E-state index contributed by atoms with van der Waals surface area (Å²) in [5.41, 5.74) is 0. The predicted molar refractivity (Wildman–Crippen MR) is 83.7 cm³/mol. The van der Waals surface area contributed by atoms with Crippen LogP contribution in [0.4, 0.5) is 11.6 Å². The van der Waals surface area contributed by atoms with Crippen LogP contribution in [0.2, 0.25) is 0 Å². The number of rotatable bonds is 3. The number of anilines is 2. The van der Waals surface area contributed by atoms with Crippen LogP contribution in [0.3, 0.4) is 0 Å². The number of piperazine rings is 1. The van der Waals surface area contributed by atoms with Gasteiger partial charge in [0.05, 0.1) is 19.5 Å². The first-order chi connectivity index (χ1) is 10.5. The van der Waals surface area contributed by atoms with Gasteiger partial charge >= 0.3 is 0 Å². The minimum Gasteiger partial charge on any atom is -0.378 e. The van der Waals surface area contributed by atoms with Crippen molar-refractivity contribution >= 4 is 21.7 Å². The van der Waals surface area contributed by atoms with Crippen LogP contribution >= 0.6 is 0 Å². The lowest BCUT2D eigenvalue weighted by Gasteiger charge is -2.34. The third kappa shape index (κ3) is 3.47. The minimum atomic E-state index is -3.10. The molecule has 122 valence electrons. The largest absolute Gasteiger partial charge is 0.378 e. The fraction of sp³-hybridized carbons (Fsp3) is 0.692. The van der Waals surface area contributed by atoms with Crippen molar-refractivity contribution in [2.45, 2.75) is 0 Å². The molecule has 2 aliphatic rings. The molecule has 3 rings (SSSR count). The molecule has 2 aliphatic heterocycles. The monoisotopic (exact) mass is 327 g/mol. The maximum absolute atomic E-state index is 11.5. The summed E-state index contributed by atoms with van der Waals surface area (Å²) in [6.07, 6.45) is 1.25. The molecule has 9 heteroatoms. The highest BCUT2D eigenvalue weighted by atomic mass is 32.2. The Labute approximate surface area is 130 Å². The molecule has 2 fully saturated rings. The highest BCUT2D eigenvalue weighted by Gasteiger charge is 2.24. The van der Waals surface area contributed by atoms with E-state index in [-0.39, 0.29) is 0 Å². The Kier molecular flexibility index (Phi) is 4.46. The van der Waals surface area contributed by atoms with Gasteiger partial charge in [0.15, 0.2) is 11.6 Å². The van der Waals surface area contributed by atoms with Crippen LogP contribution in [-0.2, 0) is 14.8 Å². The van der Waals surface area contributed by atoms with E-state index in [4.69, 9.17) is 4.74 Å². The molecule has 0 saturated carbocycles. The average Bonchev–Trinajstić information content (AvgIpc) is 2.55. The Balaban J connectivity index is 1.62. The molecule has 3 heterocycles. The number of aromatic nitrogens is 2. The van der Waals surface area contributed by atoms with Gasteiger partial charge in [-0.15, -0.1) is 10.2 Å². The van der Waals surface area contributed by atoms with Gasteiger partial charge in [0.1, 0.15) is 0 Å². The van der Waals surface area contributed by atoms with Gasteiger partial charge in [0.25, 0.3) is 0 Å². The highest BCUT2D eigenvalue weighted by molar-refractivity contribution is 7.88. The van der Waals surface area contributed by atoms with Crippen LogP contribution in [0.1, 0.15) is 0 Å². The zero-order valence-corrected chi connectivity index (χ0v) is 13.5. The molecule has 0 atom stereocenters. The molecule has 0 N–H and O–H groups in total. The summed E-state index contributed by atoms with van der Waals surface area (Å²) in [5.74, 6) is 1.66. The van der Waals surface area contributed by atoms with E-state index < -0.39 is 10.0 Å². The van der Waals surface area contributed by atoms with E-state index in [9.17, 15) is 8.42 Å². The van der Waals surface area contributed by atoms with Crippen molar-refractivity contribution in [1.82, 2.24) is 14.5 Å². The summed E-state index contributed by atoms with van der Waals surface area (Å²) in [6.45, 7) is 5.37. The fourth-order valence-corrected chi connectivity index (χ4v) is 3.52. The van der Waals surface area contributed by atoms with Crippen molar-refractivity contribution in [3.63, 3.8) is 0 Å². The molecule has 0 spiro atoms. The molecular formula is C13H21N5O3S. The molecule has 22 heavy (non-hydrogen) atoms. The lowest BCUT2D eigenvalue weighted by atomic mass is 10.3. The summed E-state index contributed by atoms with van der Waals surface area (Å²) in [6, 6.07) is 3.92. The van der Waals surface area contributed by atoms with Crippen LogP contribution < -0.4 is 9.80 Å². The van der Waals surface area contributed by atoms with E-state index in [1.165, 1.54) is 10.6 Å². The van der Waals surface area contributed by atoms with E-state index in [0.29, 0.717) is 26.2 Å². The molecule has 2 saturated heterocycles. The molecule has 0 aliphatic carbocycles. The van der Waals surface area contributed by atoms with Crippen LogP contribution in [-0.4, -0.2) is 81.7 Å². The molecule has 1 aromatic heterocycles. The van der Waals surface area contributed by atoms with Crippen LogP contribution in [0, 0.1) is 0 Å². The van der Waals surface area contributed by atoms with Crippen LogP contribution in [0.25, 0.3) is 0 Å². The minimum absolute atomic E-state index is 0.492. The normalized spacial score (nSPS) is 21.1. The van der Waals surface area contributed by atoms with Gasteiger partial charge in [0, 0.05) is 39.3 Å². The van der Waals surface area contributed by atoms with E-state index >= 15 is 0 Å². The topological polar surface area (TPSA) is 78.9 Å². The van der Waals surface area contributed by atoms with Gasteiger partial charge in [-0.05, 0) is 12.1 Å². The van der Waals surface area contributed by atoms with Crippen LogP contribution in [0.5, 0.6) is 0 Å². The SMILES string of the molecule is CS(=O)(=O)N1CCN(c2ccc(N3CCOCC3)nn2)CC1.